The van der Waals surface area contributed by atoms with Crippen LogP contribution in [0.25, 0.3) is 5.69 Å². The van der Waals surface area contributed by atoms with Crippen molar-refractivity contribution in [1.82, 2.24) is 19.2 Å². The zero-order valence-electron chi connectivity index (χ0n) is 16.0. The molecular weight excluding hydrogens is 336 g/mol. The number of rotatable bonds is 4. The van der Waals surface area contributed by atoms with Gasteiger partial charge in [-0.2, -0.15) is 5.10 Å². The van der Waals surface area contributed by atoms with Gasteiger partial charge in [0.2, 0.25) is 0 Å². The Hall–Kier alpha value is -2.66. The van der Waals surface area contributed by atoms with E-state index in [1.165, 1.54) is 15.8 Å². The molecule has 1 aliphatic rings. The number of piperidine rings is 1. The summed E-state index contributed by atoms with van der Waals surface area (Å²) in [5.41, 5.74) is 3.50. The van der Waals surface area contributed by atoms with Crippen molar-refractivity contribution >= 4 is 0 Å². The molecule has 0 aliphatic carbocycles. The highest BCUT2D eigenvalue weighted by Crippen LogP contribution is 2.28. The zero-order valence-corrected chi connectivity index (χ0v) is 16.0. The van der Waals surface area contributed by atoms with Gasteiger partial charge in [-0.1, -0.05) is 48.0 Å². The van der Waals surface area contributed by atoms with Crippen LogP contribution >= 0.6 is 0 Å². The van der Waals surface area contributed by atoms with Crippen LogP contribution in [0.2, 0.25) is 0 Å². The van der Waals surface area contributed by atoms with Crippen molar-refractivity contribution in [2.75, 3.05) is 13.1 Å². The molecule has 0 N–H and O–H groups in total. The lowest BCUT2D eigenvalue weighted by Gasteiger charge is -2.31. The van der Waals surface area contributed by atoms with Gasteiger partial charge >= 0.3 is 5.69 Å². The Morgan fingerprint density at radius 2 is 1.78 bits per heavy atom. The quantitative estimate of drug-likeness (QED) is 0.715. The second-order valence-corrected chi connectivity index (χ2v) is 7.47. The third kappa shape index (κ3) is 3.74. The van der Waals surface area contributed by atoms with E-state index in [2.05, 4.69) is 41.2 Å². The second kappa shape index (κ2) is 7.53. The van der Waals surface area contributed by atoms with Crippen molar-refractivity contribution in [3.63, 3.8) is 0 Å². The number of nitrogens with zero attached hydrogens (tertiary/aromatic N) is 4. The van der Waals surface area contributed by atoms with Gasteiger partial charge in [0.25, 0.3) is 0 Å². The number of aryl methyl sites for hydroxylation is 2. The fraction of sp³-hybridized carbons (Fsp3) is 0.364. The highest BCUT2D eigenvalue weighted by atomic mass is 16.2. The summed E-state index contributed by atoms with van der Waals surface area (Å²) >= 11 is 0. The summed E-state index contributed by atoms with van der Waals surface area (Å²) in [7, 11) is 1.73. The lowest BCUT2D eigenvalue weighted by atomic mass is 9.95. The number of para-hydroxylation sites is 1. The van der Waals surface area contributed by atoms with Crippen LogP contribution in [0.4, 0.5) is 0 Å². The Balaban J connectivity index is 1.50. The summed E-state index contributed by atoms with van der Waals surface area (Å²) < 4.78 is 3.24. The molecule has 1 saturated heterocycles. The van der Waals surface area contributed by atoms with Gasteiger partial charge < -0.3 is 0 Å². The summed E-state index contributed by atoms with van der Waals surface area (Å²) in [6.07, 6.45) is 2.05. The Kier molecular flexibility index (Phi) is 4.94. The predicted molar refractivity (Wildman–Crippen MR) is 107 cm³/mol. The molecule has 140 valence electrons. The second-order valence-electron chi connectivity index (χ2n) is 7.47. The predicted octanol–water partition coefficient (Wildman–Crippen LogP) is 3.26. The summed E-state index contributed by atoms with van der Waals surface area (Å²) in [6.45, 7) is 5.18. The van der Waals surface area contributed by atoms with E-state index in [4.69, 9.17) is 0 Å². The molecule has 1 fully saturated rings. The first-order chi connectivity index (χ1) is 13.1. The van der Waals surface area contributed by atoms with Gasteiger partial charge in [-0.15, -0.1) is 0 Å². The average Bonchev–Trinajstić information content (AvgIpc) is 2.98. The first kappa shape index (κ1) is 17.7. The third-order valence-corrected chi connectivity index (χ3v) is 5.41. The molecular formula is C22H26N4O. The maximum Gasteiger partial charge on any atom is 0.350 e. The Morgan fingerprint density at radius 1 is 1.04 bits per heavy atom. The van der Waals surface area contributed by atoms with Crippen LogP contribution in [-0.4, -0.2) is 32.3 Å². The van der Waals surface area contributed by atoms with E-state index in [-0.39, 0.29) is 5.69 Å². The highest BCUT2D eigenvalue weighted by Gasteiger charge is 2.26. The van der Waals surface area contributed by atoms with Crippen molar-refractivity contribution in [3.05, 3.63) is 82.0 Å². The van der Waals surface area contributed by atoms with Gasteiger partial charge in [-0.05, 0) is 50.6 Å². The molecule has 4 rings (SSSR count). The molecule has 1 aliphatic heterocycles. The van der Waals surface area contributed by atoms with E-state index < -0.39 is 0 Å². The van der Waals surface area contributed by atoms with Gasteiger partial charge in [-0.25, -0.2) is 14.0 Å². The molecule has 0 radical (unpaired) electrons. The Labute approximate surface area is 159 Å². The molecule has 0 unspecified atom stereocenters. The molecule has 0 atom stereocenters. The molecule has 2 heterocycles. The molecule has 5 heteroatoms. The minimum atomic E-state index is -0.0709. The van der Waals surface area contributed by atoms with Crippen LogP contribution in [0.3, 0.4) is 0 Å². The first-order valence-electron chi connectivity index (χ1n) is 9.61. The summed E-state index contributed by atoms with van der Waals surface area (Å²) in [6, 6.07) is 18.6. The average molecular weight is 362 g/mol. The lowest BCUT2D eigenvalue weighted by molar-refractivity contribution is 0.201. The Bertz CT molecular complexity index is 965. The molecule has 0 saturated carbocycles. The van der Waals surface area contributed by atoms with Crippen LogP contribution in [0.15, 0.2) is 59.4 Å². The van der Waals surface area contributed by atoms with E-state index in [9.17, 15) is 4.79 Å². The largest absolute Gasteiger partial charge is 0.350 e. The zero-order chi connectivity index (χ0) is 18.8. The standard InChI is InChI=1S/C22H26N4O/c1-17-7-6-8-18(15-17)16-25-13-11-19(12-14-25)21-23-24(2)22(27)26(21)20-9-4-3-5-10-20/h3-10,15,19H,11-14,16H2,1-2H3. The summed E-state index contributed by atoms with van der Waals surface area (Å²) in [5.74, 6) is 1.21. The van der Waals surface area contributed by atoms with Crippen molar-refractivity contribution in [2.45, 2.75) is 32.2 Å². The molecule has 2 aromatic carbocycles. The fourth-order valence-electron chi connectivity index (χ4n) is 3.99. The summed E-state index contributed by atoms with van der Waals surface area (Å²) in [4.78, 5) is 15.1. The van der Waals surface area contributed by atoms with Crippen molar-refractivity contribution in [1.29, 1.82) is 0 Å². The molecule has 0 spiro atoms. The van der Waals surface area contributed by atoms with Gasteiger partial charge in [-0.3, -0.25) is 4.90 Å². The monoisotopic (exact) mass is 362 g/mol. The minimum absolute atomic E-state index is 0.0709. The molecule has 0 amide bonds. The fourth-order valence-corrected chi connectivity index (χ4v) is 3.99. The SMILES string of the molecule is Cc1cccc(CN2CCC(c3nn(C)c(=O)n3-c3ccccc3)CC2)c1. The van der Waals surface area contributed by atoms with Gasteiger partial charge in [0.15, 0.2) is 0 Å². The number of hydrogen-bond donors (Lipinski definition) is 0. The first-order valence-corrected chi connectivity index (χ1v) is 9.61. The van der Waals surface area contributed by atoms with Crippen molar-refractivity contribution in [3.8, 4) is 5.69 Å². The maximum absolute atomic E-state index is 12.6. The van der Waals surface area contributed by atoms with Crippen LogP contribution in [0.5, 0.6) is 0 Å². The Morgan fingerprint density at radius 3 is 2.48 bits per heavy atom. The van der Waals surface area contributed by atoms with Gasteiger partial charge in [0.05, 0.1) is 5.69 Å². The van der Waals surface area contributed by atoms with Crippen LogP contribution in [0.1, 0.15) is 35.7 Å². The smallest absolute Gasteiger partial charge is 0.299 e. The van der Waals surface area contributed by atoms with E-state index in [1.807, 2.05) is 30.3 Å². The van der Waals surface area contributed by atoms with Gasteiger partial charge in [0, 0.05) is 19.5 Å². The normalized spacial score (nSPS) is 15.9. The van der Waals surface area contributed by atoms with E-state index in [1.54, 1.807) is 11.6 Å². The van der Waals surface area contributed by atoms with Crippen molar-refractivity contribution in [2.24, 2.45) is 7.05 Å². The number of likely N-dealkylation sites (tertiary alicyclic amines) is 1. The molecule has 3 aromatic rings. The maximum atomic E-state index is 12.6. The molecule has 27 heavy (non-hydrogen) atoms. The minimum Gasteiger partial charge on any atom is -0.299 e. The molecule has 5 nitrogen and oxygen atoms in total. The topological polar surface area (TPSA) is 43.1 Å². The van der Waals surface area contributed by atoms with Crippen molar-refractivity contribution < 1.29 is 0 Å². The number of aromatic nitrogens is 3. The van der Waals surface area contributed by atoms with E-state index in [0.717, 1.165) is 44.0 Å². The van der Waals surface area contributed by atoms with Gasteiger partial charge in [0.1, 0.15) is 5.82 Å². The van der Waals surface area contributed by atoms with Crippen LogP contribution in [-0.2, 0) is 13.6 Å². The van der Waals surface area contributed by atoms with E-state index in [0.29, 0.717) is 5.92 Å². The number of hydrogen-bond acceptors (Lipinski definition) is 3. The van der Waals surface area contributed by atoms with E-state index >= 15 is 0 Å². The number of benzene rings is 2. The van der Waals surface area contributed by atoms with Crippen LogP contribution < -0.4 is 5.69 Å². The van der Waals surface area contributed by atoms with Crippen LogP contribution in [0, 0.1) is 6.92 Å². The molecule has 1 aromatic heterocycles. The lowest BCUT2D eigenvalue weighted by Crippen LogP contribution is -2.33. The third-order valence-electron chi connectivity index (χ3n) is 5.41. The molecule has 0 bridgehead atoms. The highest BCUT2D eigenvalue weighted by molar-refractivity contribution is 5.33. The summed E-state index contributed by atoms with van der Waals surface area (Å²) in [5, 5.41) is 4.58.